The molecule has 0 saturated carbocycles. The van der Waals surface area contributed by atoms with E-state index in [-0.39, 0.29) is 6.03 Å². The van der Waals surface area contributed by atoms with Crippen LogP contribution in [-0.2, 0) is 13.5 Å². The van der Waals surface area contributed by atoms with Gasteiger partial charge in [-0.15, -0.1) is 0 Å². The van der Waals surface area contributed by atoms with Crippen molar-refractivity contribution in [3.8, 4) is 0 Å². The van der Waals surface area contributed by atoms with Gasteiger partial charge in [0.05, 0.1) is 6.20 Å². The first-order chi connectivity index (χ1) is 10.9. The largest absolute Gasteiger partial charge is 0.363 e. The fourth-order valence-electron chi connectivity index (χ4n) is 2.08. The molecule has 0 aliphatic heterocycles. The number of hydrogen-bond acceptors (Lipinski definition) is 5. The molecule has 0 aliphatic rings. The summed E-state index contributed by atoms with van der Waals surface area (Å²) in [6, 6.07) is 1.56. The summed E-state index contributed by atoms with van der Waals surface area (Å²) in [5.74, 6) is 1.06. The molecule has 0 bridgehead atoms. The van der Waals surface area contributed by atoms with Crippen LogP contribution in [0.15, 0.2) is 18.5 Å². The van der Waals surface area contributed by atoms with Gasteiger partial charge in [-0.1, -0.05) is 0 Å². The lowest BCUT2D eigenvalue weighted by Crippen LogP contribution is -2.30. The highest BCUT2D eigenvalue weighted by molar-refractivity contribution is 5.87. The van der Waals surface area contributed by atoms with E-state index in [1.807, 2.05) is 51.4 Å². The fraction of sp³-hybridized carbons (Fsp3) is 0.467. The van der Waals surface area contributed by atoms with Crippen LogP contribution in [-0.4, -0.2) is 46.4 Å². The van der Waals surface area contributed by atoms with Gasteiger partial charge in [0.2, 0.25) is 5.95 Å². The molecule has 2 heterocycles. The summed E-state index contributed by atoms with van der Waals surface area (Å²) in [7, 11) is 5.67. The summed E-state index contributed by atoms with van der Waals surface area (Å²) in [5.41, 5.74) is 1.96. The van der Waals surface area contributed by atoms with Gasteiger partial charge < -0.3 is 10.2 Å². The molecule has 23 heavy (non-hydrogen) atoms. The number of hydrogen-bond donors (Lipinski definition) is 2. The van der Waals surface area contributed by atoms with Crippen LogP contribution in [0.2, 0.25) is 0 Å². The van der Waals surface area contributed by atoms with E-state index in [0.29, 0.717) is 12.5 Å². The highest BCUT2D eigenvalue weighted by Crippen LogP contribution is 2.11. The maximum atomic E-state index is 11.9. The van der Waals surface area contributed by atoms with Gasteiger partial charge in [-0.3, -0.25) is 10.00 Å². The number of carbonyl (C=O) groups excluding carboxylic acids is 1. The molecule has 0 aromatic carbocycles. The Labute approximate surface area is 135 Å². The summed E-state index contributed by atoms with van der Waals surface area (Å²) < 4.78 is 1.77. The van der Waals surface area contributed by atoms with Crippen LogP contribution < -0.4 is 15.5 Å². The Bertz CT molecular complexity index is 666. The quantitative estimate of drug-likeness (QED) is 0.785. The van der Waals surface area contributed by atoms with Gasteiger partial charge in [0.25, 0.3) is 0 Å². The van der Waals surface area contributed by atoms with Crippen molar-refractivity contribution < 1.29 is 4.79 Å². The summed E-state index contributed by atoms with van der Waals surface area (Å²) in [6.07, 6.45) is 5.53. The first kappa shape index (κ1) is 16.7. The van der Waals surface area contributed by atoms with Crippen molar-refractivity contribution >= 4 is 17.8 Å². The maximum absolute atomic E-state index is 11.9. The third kappa shape index (κ3) is 5.24. The normalized spacial score (nSPS) is 10.4. The summed E-state index contributed by atoms with van der Waals surface area (Å²) in [4.78, 5) is 22.3. The van der Waals surface area contributed by atoms with Crippen LogP contribution in [0.4, 0.5) is 16.6 Å². The molecule has 2 aromatic heterocycles. The van der Waals surface area contributed by atoms with Crippen molar-refractivity contribution in [2.75, 3.05) is 30.9 Å². The zero-order valence-corrected chi connectivity index (χ0v) is 14.0. The first-order valence-electron chi connectivity index (χ1n) is 7.49. The molecule has 2 rings (SSSR count). The second-order valence-electron chi connectivity index (χ2n) is 5.59. The van der Waals surface area contributed by atoms with Crippen LogP contribution in [0.3, 0.4) is 0 Å². The number of nitrogens with one attached hydrogen (secondary N) is 2. The molecule has 2 N–H and O–H groups in total. The number of urea groups is 1. The molecule has 0 spiro atoms. The molecule has 8 heteroatoms. The standard InChI is InChI=1S/C15H23N7O/c1-11-8-13(21(2)3)19-14(18-11)20-15(23)16-7-5-6-12-9-17-22(4)10-12/h8-10H,5-7H2,1-4H3,(H2,16,18,19,20,23). The Balaban J connectivity index is 1.78. The van der Waals surface area contributed by atoms with Crippen molar-refractivity contribution in [3.63, 3.8) is 0 Å². The summed E-state index contributed by atoms with van der Waals surface area (Å²) in [5, 5.41) is 9.58. The smallest absolute Gasteiger partial charge is 0.321 e. The average molecular weight is 317 g/mol. The molecule has 0 radical (unpaired) electrons. The number of anilines is 2. The fourth-order valence-corrected chi connectivity index (χ4v) is 2.08. The van der Waals surface area contributed by atoms with Crippen LogP contribution in [0, 0.1) is 6.92 Å². The van der Waals surface area contributed by atoms with E-state index in [0.717, 1.165) is 29.9 Å². The van der Waals surface area contributed by atoms with Gasteiger partial charge in [-0.2, -0.15) is 10.1 Å². The van der Waals surface area contributed by atoms with Crippen LogP contribution in [0.25, 0.3) is 0 Å². The molecule has 124 valence electrons. The van der Waals surface area contributed by atoms with Gasteiger partial charge in [0, 0.05) is 45.6 Å². The number of carbonyl (C=O) groups is 1. The Morgan fingerprint density at radius 1 is 1.35 bits per heavy atom. The molecule has 0 aliphatic carbocycles. The number of aryl methyl sites for hydroxylation is 3. The zero-order chi connectivity index (χ0) is 16.8. The summed E-state index contributed by atoms with van der Waals surface area (Å²) >= 11 is 0. The lowest BCUT2D eigenvalue weighted by Gasteiger charge is -2.13. The van der Waals surface area contributed by atoms with E-state index in [4.69, 9.17) is 0 Å². The first-order valence-corrected chi connectivity index (χ1v) is 7.49. The van der Waals surface area contributed by atoms with Gasteiger partial charge in [-0.05, 0) is 25.3 Å². The van der Waals surface area contributed by atoms with Crippen LogP contribution in [0.5, 0.6) is 0 Å². The van der Waals surface area contributed by atoms with Crippen molar-refractivity contribution in [3.05, 3.63) is 29.7 Å². The molecular weight excluding hydrogens is 294 g/mol. The third-order valence-electron chi connectivity index (χ3n) is 3.21. The highest BCUT2D eigenvalue weighted by atomic mass is 16.2. The monoisotopic (exact) mass is 317 g/mol. The predicted molar refractivity (Wildman–Crippen MR) is 89.6 cm³/mol. The Morgan fingerprint density at radius 2 is 2.13 bits per heavy atom. The van der Waals surface area contributed by atoms with Gasteiger partial charge >= 0.3 is 6.03 Å². The van der Waals surface area contributed by atoms with E-state index < -0.39 is 0 Å². The maximum Gasteiger partial charge on any atom is 0.321 e. The van der Waals surface area contributed by atoms with Gasteiger partial charge in [0.15, 0.2) is 0 Å². The van der Waals surface area contributed by atoms with E-state index in [1.165, 1.54) is 0 Å². The molecule has 8 nitrogen and oxygen atoms in total. The highest BCUT2D eigenvalue weighted by Gasteiger charge is 2.07. The number of amides is 2. The molecule has 0 atom stereocenters. The molecular formula is C15H23N7O. The van der Waals surface area contributed by atoms with Crippen LogP contribution in [0.1, 0.15) is 17.7 Å². The lowest BCUT2D eigenvalue weighted by atomic mass is 10.2. The minimum atomic E-state index is -0.300. The van der Waals surface area contributed by atoms with Crippen molar-refractivity contribution in [1.29, 1.82) is 0 Å². The molecule has 0 fully saturated rings. The van der Waals surface area contributed by atoms with Gasteiger partial charge in [0.1, 0.15) is 5.82 Å². The van der Waals surface area contributed by atoms with E-state index in [9.17, 15) is 4.79 Å². The Kier molecular flexibility index (Phi) is 5.51. The van der Waals surface area contributed by atoms with Crippen molar-refractivity contribution in [2.24, 2.45) is 7.05 Å². The molecule has 0 saturated heterocycles. The topological polar surface area (TPSA) is 88.0 Å². The minimum Gasteiger partial charge on any atom is -0.363 e. The molecule has 2 amide bonds. The average Bonchev–Trinajstić information content (AvgIpc) is 2.88. The van der Waals surface area contributed by atoms with Gasteiger partial charge in [-0.25, -0.2) is 9.78 Å². The SMILES string of the molecule is Cc1cc(N(C)C)nc(NC(=O)NCCCc2cnn(C)c2)n1. The Morgan fingerprint density at radius 3 is 2.78 bits per heavy atom. The third-order valence-corrected chi connectivity index (χ3v) is 3.21. The predicted octanol–water partition coefficient (Wildman–Crippen LogP) is 1.34. The van der Waals surface area contributed by atoms with Crippen molar-refractivity contribution in [2.45, 2.75) is 19.8 Å². The Hall–Kier alpha value is -2.64. The number of rotatable bonds is 6. The van der Waals surface area contributed by atoms with Crippen molar-refractivity contribution in [1.82, 2.24) is 25.1 Å². The zero-order valence-electron chi connectivity index (χ0n) is 14.0. The number of nitrogens with zero attached hydrogens (tertiary/aromatic N) is 5. The van der Waals surface area contributed by atoms with E-state index >= 15 is 0 Å². The van der Waals surface area contributed by atoms with E-state index in [2.05, 4.69) is 25.7 Å². The van der Waals surface area contributed by atoms with E-state index in [1.54, 1.807) is 4.68 Å². The minimum absolute atomic E-state index is 0.300. The number of aromatic nitrogens is 4. The second kappa shape index (κ2) is 7.57. The molecule has 0 unspecified atom stereocenters. The second-order valence-corrected chi connectivity index (χ2v) is 5.59. The lowest BCUT2D eigenvalue weighted by molar-refractivity contribution is 0.252. The summed E-state index contributed by atoms with van der Waals surface area (Å²) in [6.45, 7) is 2.44. The van der Waals surface area contributed by atoms with Crippen LogP contribution >= 0.6 is 0 Å². The molecule has 2 aromatic rings.